The summed E-state index contributed by atoms with van der Waals surface area (Å²) >= 11 is 0. The topological polar surface area (TPSA) is 80.1 Å². The molecule has 1 amide bonds. The lowest BCUT2D eigenvalue weighted by Crippen LogP contribution is -2.31. The van der Waals surface area contributed by atoms with E-state index in [2.05, 4.69) is 10.3 Å². The Morgan fingerprint density at radius 1 is 1.41 bits per heavy atom. The molecule has 17 heavy (non-hydrogen) atoms. The van der Waals surface area contributed by atoms with Crippen LogP contribution >= 0.6 is 0 Å². The van der Waals surface area contributed by atoms with Gasteiger partial charge in [0.05, 0.1) is 18.3 Å². The van der Waals surface area contributed by atoms with Gasteiger partial charge in [-0.15, -0.1) is 0 Å². The molecule has 1 aromatic carbocycles. The zero-order chi connectivity index (χ0) is 12.0. The molecule has 0 saturated heterocycles. The summed E-state index contributed by atoms with van der Waals surface area (Å²) in [7, 11) is 1.60. The molecule has 0 bridgehead atoms. The highest BCUT2D eigenvalue weighted by molar-refractivity contribution is 6.05. The Balaban J connectivity index is 2.34. The Morgan fingerprint density at radius 3 is 3.00 bits per heavy atom. The van der Waals surface area contributed by atoms with Crippen molar-refractivity contribution in [1.29, 1.82) is 0 Å². The minimum atomic E-state index is -0.0687. The number of H-pyrrole nitrogens is 1. The molecule has 2 aromatic rings. The highest BCUT2D eigenvalue weighted by Crippen LogP contribution is 2.32. The second-order valence-electron chi connectivity index (χ2n) is 4.12. The summed E-state index contributed by atoms with van der Waals surface area (Å²) in [4.78, 5) is 14.8. The van der Waals surface area contributed by atoms with Gasteiger partial charge in [0.1, 0.15) is 11.4 Å². The third kappa shape index (κ3) is 1.35. The summed E-state index contributed by atoms with van der Waals surface area (Å²) in [5.41, 5.74) is 9.00. The van der Waals surface area contributed by atoms with E-state index in [1.54, 1.807) is 13.2 Å². The van der Waals surface area contributed by atoms with Gasteiger partial charge >= 0.3 is 0 Å². The number of hydrogen-bond acceptors (Lipinski definition) is 3. The predicted octanol–water partition coefficient (Wildman–Crippen LogP) is 1.04. The number of benzene rings is 1. The number of nitrogen functional groups attached to an aromatic ring is 1. The predicted molar refractivity (Wildman–Crippen MR) is 65.3 cm³/mol. The van der Waals surface area contributed by atoms with Gasteiger partial charge in [-0.1, -0.05) is 0 Å². The Labute approximate surface area is 97.9 Å². The molecule has 0 saturated carbocycles. The first-order valence-electron chi connectivity index (χ1n) is 5.47. The van der Waals surface area contributed by atoms with E-state index in [1.165, 1.54) is 0 Å². The number of rotatable bonds is 1. The number of ether oxygens (including phenoxy) is 1. The van der Waals surface area contributed by atoms with E-state index < -0.39 is 0 Å². The smallest absolute Gasteiger partial charge is 0.268 e. The molecule has 0 aliphatic carbocycles. The average molecular weight is 231 g/mol. The maximum atomic E-state index is 11.7. The van der Waals surface area contributed by atoms with Crippen LogP contribution in [0.4, 0.5) is 5.69 Å². The van der Waals surface area contributed by atoms with E-state index >= 15 is 0 Å². The molecule has 5 heteroatoms. The van der Waals surface area contributed by atoms with E-state index in [0.29, 0.717) is 23.7 Å². The first-order valence-corrected chi connectivity index (χ1v) is 5.47. The number of carbonyl (C=O) groups is 1. The summed E-state index contributed by atoms with van der Waals surface area (Å²) < 4.78 is 5.20. The van der Waals surface area contributed by atoms with Crippen molar-refractivity contribution >= 4 is 22.5 Å². The lowest BCUT2D eigenvalue weighted by Gasteiger charge is -2.12. The fraction of sp³-hybridized carbons (Fsp3) is 0.250. The Kier molecular flexibility index (Phi) is 2.01. The Hall–Kier alpha value is -2.17. The fourth-order valence-corrected chi connectivity index (χ4v) is 2.31. The second-order valence-corrected chi connectivity index (χ2v) is 4.12. The number of amides is 1. The third-order valence-electron chi connectivity index (χ3n) is 3.14. The molecule has 3 rings (SSSR count). The van der Waals surface area contributed by atoms with Crippen LogP contribution in [-0.2, 0) is 6.42 Å². The van der Waals surface area contributed by atoms with Crippen molar-refractivity contribution in [1.82, 2.24) is 10.3 Å². The fourth-order valence-electron chi connectivity index (χ4n) is 2.31. The van der Waals surface area contributed by atoms with Gasteiger partial charge in [0.25, 0.3) is 5.91 Å². The van der Waals surface area contributed by atoms with Crippen molar-refractivity contribution in [2.45, 2.75) is 6.42 Å². The number of nitrogens with one attached hydrogen (secondary N) is 2. The van der Waals surface area contributed by atoms with Crippen molar-refractivity contribution in [3.05, 3.63) is 23.4 Å². The van der Waals surface area contributed by atoms with Crippen LogP contribution in [-0.4, -0.2) is 24.5 Å². The van der Waals surface area contributed by atoms with Crippen LogP contribution in [0.1, 0.15) is 16.1 Å². The van der Waals surface area contributed by atoms with Gasteiger partial charge in [0.2, 0.25) is 0 Å². The normalized spacial score (nSPS) is 14.5. The van der Waals surface area contributed by atoms with E-state index in [-0.39, 0.29) is 5.91 Å². The average Bonchev–Trinajstić information content (AvgIpc) is 2.70. The van der Waals surface area contributed by atoms with Crippen LogP contribution in [0.3, 0.4) is 0 Å². The van der Waals surface area contributed by atoms with Gasteiger partial charge in [-0.2, -0.15) is 0 Å². The van der Waals surface area contributed by atoms with E-state index in [0.717, 1.165) is 22.9 Å². The number of hydrogen-bond donors (Lipinski definition) is 3. The summed E-state index contributed by atoms with van der Waals surface area (Å²) in [5, 5.41) is 3.78. The quantitative estimate of drug-likeness (QED) is 0.641. The number of aromatic amines is 1. The molecule has 1 aliphatic rings. The minimum Gasteiger partial charge on any atom is -0.497 e. The van der Waals surface area contributed by atoms with Crippen molar-refractivity contribution in [3.63, 3.8) is 0 Å². The zero-order valence-corrected chi connectivity index (χ0v) is 9.46. The molecule has 2 heterocycles. The van der Waals surface area contributed by atoms with Gasteiger partial charge in [-0.3, -0.25) is 4.79 Å². The van der Waals surface area contributed by atoms with Crippen LogP contribution in [0.15, 0.2) is 12.1 Å². The molecule has 0 atom stereocenters. The van der Waals surface area contributed by atoms with Crippen molar-refractivity contribution in [2.24, 2.45) is 0 Å². The molecule has 4 N–H and O–H groups in total. The summed E-state index contributed by atoms with van der Waals surface area (Å²) in [6.45, 7) is 0.663. The monoisotopic (exact) mass is 231 g/mol. The molecular weight excluding hydrogens is 218 g/mol. The Bertz CT molecular complexity index is 616. The number of anilines is 1. The first kappa shape index (κ1) is 10.0. The van der Waals surface area contributed by atoms with Crippen LogP contribution in [0.5, 0.6) is 5.75 Å². The van der Waals surface area contributed by atoms with Gasteiger partial charge in [-0.25, -0.2) is 0 Å². The highest BCUT2D eigenvalue weighted by atomic mass is 16.5. The number of methoxy groups -OCH3 is 1. The third-order valence-corrected chi connectivity index (χ3v) is 3.14. The van der Waals surface area contributed by atoms with Gasteiger partial charge < -0.3 is 20.8 Å². The number of carbonyl (C=O) groups excluding carboxylic acids is 1. The minimum absolute atomic E-state index is 0.0687. The first-order chi connectivity index (χ1) is 8.20. The maximum Gasteiger partial charge on any atom is 0.268 e. The molecule has 5 nitrogen and oxygen atoms in total. The van der Waals surface area contributed by atoms with E-state index in [4.69, 9.17) is 10.5 Å². The van der Waals surface area contributed by atoms with Gasteiger partial charge in [0.15, 0.2) is 0 Å². The molecule has 1 aromatic heterocycles. The summed E-state index contributed by atoms with van der Waals surface area (Å²) in [6.07, 6.45) is 0.813. The number of fused-ring (bicyclic) bond motifs is 3. The number of nitrogens with two attached hydrogens (primary N) is 1. The van der Waals surface area contributed by atoms with Gasteiger partial charge in [-0.05, 0) is 18.1 Å². The maximum absolute atomic E-state index is 11.7. The second kappa shape index (κ2) is 3.41. The highest BCUT2D eigenvalue weighted by Gasteiger charge is 2.22. The number of aromatic nitrogens is 1. The standard InChI is InChI=1S/C12H13N3O2/c1-17-6-4-8-7-2-3-14-12(16)11(7)15-10(8)9(13)5-6/h4-5,15H,2-3,13H2,1H3,(H,14,16). The van der Waals surface area contributed by atoms with Crippen LogP contribution < -0.4 is 15.8 Å². The van der Waals surface area contributed by atoms with Crippen LogP contribution in [0.25, 0.3) is 10.9 Å². The summed E-state index contributed by atoms with van der Waals surface area (Å²) in [5.74, 6) is 0.642. The zero-order valence-electron chi connectivity index (χ0n) is 9.46. The molecule has 88 valence electrons. The Morgan fingerprint density at radius 2 is 2.24 bits per heavy atom. The largest absolute Gasteiger partial charge is 0.497 e. The van der Waals surface area contributed by atoms with Crippen molar-refractivity contribution in [3.8, 4) is 5.75 Å². The lowest BCUT2D eigenvalue weighted by atomic mass is 10.0. The van der Waals surface area contributed by atoms with Crippen LogP contribution in [0.2, 0.25) is 0 Å². The van der Waals surface area contributed by atoms with Crippen molar-refractivity contribution in [2.75, 3.05) is 19.4 Å². The lowest BCUT2D eigenvalue weighted by molar-refractivity contribution is 0.0942. The van der Waals surface area contributed by atoms with Gasteiger partial charge in [0, 0.05) is 18.0 Å². The molecular formula is C12H13N3O2. The van der Waals surface area contributed by atoms with Crippen molar-refractivity contribution < 1.29 is 9.53 Å². The van der Waals surface area contributed by atoms with E-state index in [1.807, 2.05) is 6.07 Å². The summed E-state index contributed by atoms with van der Waals surface area (Å²) in [6, 6.07) is 3.67. The molecule has 1 aliphatic heterocycles. The molecule has 0 fully saturated rings. The van der Waals surface area contributed by atoms with E-state index in [9.17, 15) is 4.79 Å². The molecule has 0 spiro atoms. The van der Waals surface area contributed by atoms with Crippen LogP contribution in [0, 0.1) is 0 Å². The molecule has 0 radical (unpaired) electrons. The SMILES string of the molecule is COc1cc(N)c2[nH]c3c(c2c1)CCNC3=O. The molecule has 0 unspecified atom stereocenters.